The van der Waals surface area contributed by atoms with Crippen molar-refractivity contribution in [2.75, 3.05) is 19.6 Å². The van der Waals surface area contributed by atoms with E-state index in [1.54, 1.807) is 0 Å². The Morgan fingerprint density at radius 1 is 1.16 bits per heavy atom. The summed E-state index contributed by atoms with van der Waals surface area (Å²) < 4.78 is 0. The van der Waals surface area contributed by atoms with E-state index in [0.29, 0.717) is 11.6 Å². The Balaban J connectivity index is 1.71. The SMILES string of the molecule is CC(C)N1CCC(C)(NCC2CCC(O)CC2)CC1. The van der Waals surface area contributed by atoms with Crippen LogP contribution in [0, 0.1) is 5.92 Å². The van der Waals surface area contributed by atoms with Crippen molar-refractivity contribution in [2.24, 2.45) is 5.92 Å². The van der Waals surface area contributed by atoms with Gasteiger partial charge < -0.3 is 15.3 Å². The van der Waals surface area contributed by atoms with Crippen LogP contribution in [0.25, 0.3) is 0 Å². The predicted octanol–water partition coefficient (Wildman–Crippen LogP) is 2.39. The summed E-state index contributed by atoms with van der Waals surface area (Å²) in [6, 6.07) is 0.685. The molecule has 2 aliphatic rings. The molecule has 19 heavy (non-hydrogen) atoms. The van der Waals surface area contributed by atoms with Crippen molar-refractivity contribution in [1.29, 1.82) is 0 Å². The summed E-state index contributed by atoms with van der Waals surface area (Å²) in [7, 11) is 0. The van der Waals surface area contributed by atoms with Crippen LogP contribution >= 0.6 is 0 Å². The van der Waals surface area contributed by atoms with Gasteiger partial charge in [-0.25, -0.2) is 0 Å². The highest BCUT2D eigenvalue weighted by atomic mass is 16.3. The van der Waals surface area contributed by atoms with Crippen molar-refractivity contribution in [2.45, 2.75) is 77.0 Å². The summed E-state index contributed by atoms with van der Waals surface area (Å²) in [5, 5.41) is 13.4. The highest BCUT2D eigenvalue weighted by molar-refractivity contribution is 4.91. The molecule has 0 aromatic rings. The maximum Gasteiger partial charge on any atom is 0.0540 e. The summed E-state index contributed by atoms with van der Waals surface area (Å²) in [5.74, 6) is 0.781. The summed E-state index contributed by atoms with van der Waals surface area (Å²) in [4.78, 5) is 2.58. The number of aliphatic hydroxyl groups excluding tert-OH is 1. The summed E-state index contributed by atoms with van der Waals surface area (Å²) in [6.07, 6.45) is 6.90. The first-order valence-corrected chi connectivity index (χ1v) is 8.16. The molecule has 2 rings (SSSR count). The Morgan fingerprint density at radius 2 is 1.74 bits per heavy atom. The zero-order chi connectivity index (χ0) is 13.9. The largest absolute Gasteiger partial charge is 0.393 e. The number of piperidine rings is 1. The molecule has 0 radical (unpaired) electrons. The smallest absolute Gasteiger partial charge is 0.0540 e. The molecule has 1 aliphatic heterocycles. The van der Waals surface area contributed by atoms with Gasteiger partial charge in [0.1, 0.15) is 0 Å². The van der Waals surface area contributed by atoms with Gasteiger partial charge in [0, 0.05) is 24.7 Å². The number of rotatable bonds is 4. The van der Waals surface area contributed by atoms with Crippen molar-refractivity contribution in [3.8, 4) is 0 Å². The first-order chi connectivity index (χ1) is 8.98. The highest BCUT2D eigenvalue weighted by Crippen LogP contribution is 2.27. The van der Waals surface area contributed by atoms with Gasteiger partial charge in [-0.05, 0) is 71.8 Å². The fourth-order valence-electron chi connectivity index (χ4n) is 3.45. The fourth-order valence-corrected chi connectivity index (χ4v) is 3.45. The van der Waals surface area contributed by atoms with Crippen LogP contribution in [0.3, 0.4) is 0 Å². The minimum atomic E-state index is -0.0267. The number of nitrogens with one attached hydrogen (secondary N) is 1. The van der Waals surface area contributed by atoms with E-state index in [1.807, 2.05) is 0 Å². The van der Waals surface area contributed by atoms with Gasteiger partial charge in [0.05, 0.1) is 6.10 Å². The van der Waals surface area contributed by atoms with Crippen molar-refractivity contribution in [1.82, 2.24) is 10.2 Å². The monoisotopic (exact) mass is 268 g/mol. The highest BCUT2D eigenvalue weighted by Gasteiger charge is 2.31. The Hall–Kier alpha value is -0.120. The van der Waals surface area contributed by atoms with Crippen LogP contribution < -0.4 is 5.32 Å². The maximum atomic E-state index is 9.55. The first kappa shape index (κ1) is 15.3. The number of aliphatic hydroxyl groups is 1. The lowest BCUT2D eigenvalue weighted by Gasteiger charge is -2.42. The number of likely N-dealkylation sites (tertiary alicyclic amines) is 1. The Morgan fingerprint density at radius 3 is 2.26 bits per heavy atom. The first-order valence-electron chi connectivity index (χ1n) is 8.16. The number of nitrogens with zero attached hydrogens (tertiary/aromatic N) is 1. The van der Waals surface area contributed by atoms with E-state index < -0.39 is 0 Å². The lowest BCUT2D eigenvalue weighted by molar-refractivity contribution is 0.0937. The van der Waals surface area contributed by atoms with Gasteiger partial charge in [0.25, 0.3) is 0 Å². The second-order valence-electron chi connectivity index (χ2n) is 7.25. The van der Waals surface area contributed by atoms with Crippen molar-refractivity contribution in [3.63, 3.8) is 0 Å². The molecule has 0 spiro atoms. The second-order valence-corrected chi connectivity index (χ2v) is 7.25. The zero-order valence-electron chi connectivity index (χ0n) is 13.0. The molecule has 3 nitrogen and oxygen atoms in total. The van der Waals surface area contributed by atoms with E-state index in [9.17, 15) is 5.11 Å². The summed E-state index contributed by atoms with van der Waals surface area (Å²) in [5.41, 5.74) is 0.335. The van der Waals surface area contributed by atoms with E-state index in [2.05, 4.69) is 31.0 Å². The van der Waals surface area contributed by atoms with Gasteiger partial charge in [0.2, 0.25) is 0 Å². The van der Waals surface area contributed by atoms with Gasteiger partial charge in [0.15, 0.2) is 0 Å². The molecule has 1 saturated heterocycles. The molecule has 3 heteroatoms. The van der Waals surface area contributed by atoms with Gasteiger partial charge >= 0.3 is 0 Å². The Kier molecular flexibility index (Phi) is 5.27. The minimum absolute atomic E-state index is 0.0267. The second kappa shape index (κ2) is 6.55. The molecule has 0 atom stereocenters. The maximum absolute atomic E-state index is 9.55. The molecule has 2 N–H and O–H groups in total. The average Bonchev–Trinajstić information content (AvgIpc) is 2.39. The molecule has 112 valence electrons. The molecule has 0 aromatic carbocycles. The van der Waals surface area contributed by atoms with Crippen LogP contribution in [0.5, 0.6) is 0 Å². The Labute approximate surface area is 118 Å². The van der Waals surface area contributed by atoms with E-state index in [1.165, 1.54) is 38.8 Å². The lowest BCUT2D eigenvalue weighted by atomic mass is 9.85. The quantitative estimate of drug-likeness (QED) is 0.822. The Bertz CT molecular complexity index is 264. The lowest BCUT2D eigenvalue weighted by Crippen LogP contribution is -2.53. The molecular weight excluding hydrogens is 236 g/mol. The van der Waals surface area contributed by atoms with Gasteiger partial charge in [-0.3, -0.25) is 0 Å². The van der Waals surface area contributed by atoms with Crippen LogP contribution in [0.1, 0.15) is 59.3 Å². The topological polar surface area (TPSA) is 35.5 Å². The van der Waals surface area contributed by atoms with Crippen LogP contribution in [0.4, 0.5) is 0 Å². The van der Waals surface area contributed by atoms with E-state index in [0.717, 1.165) is 25.3 Å². The molecule has 1 aliphatic carbocycles. The third-order valence-electron chi connectivity index (χ3n) is 5.27. The molecular formula is C16H32N2O. The third kappa shape index (κ3) is 4.44. The molecule has 0 unspecified atom stereocenters. The minimum Gasteiger partial charge on any atom is -0.393 e. The van der Waals surface area contributed by atoms with Gasteiger partial charge in [-0.1, -0.05) is 0 Å². The van der Waals surface area contributed by atoms with E-state index in [-0.39, 0.29) is 6.10 Å². The zero-order valence-corrected chi connectivity index (χ0v) is 13.0. The number of hydrogen-bond acceptors (Lipinski definition) is 3. The van der Waals surface area contributed by atoms with Gasteiger partial charge in [-0.15, -0.1) is 0 Å². The van der Waals surface area contributed by atoms with Gasteiger partial charge in [-0.2, -0.15) is 0 Å². The number of hydrogen-bond donors (Lipinski definition) is 2. The van der Waals surface area contributed by atoms with Crippen LogP contribution in [0.2, 0.25) is 0 Å². The molecule has 0 aromatic heterocycles. The van der Waals surface area contributed by atoms with E-state index in [4.69, 9.17) is 0 Å². The van der Waals surface area contributed by atoms with Crippen LogP contribution in [-0.2, 0) is 0 Å². The molecule has 1 heterocycles. The van der Waals surface area contributed by atoms with E-state index >= 15 is 0 Å². The average molecular weight is 268 g/mol. The fraction of sp³-hybridized carbons (Fsp3) is 1.00. The van der Waals surface area contributed by atoms with Crippen molar-refractivity contribution in [3.05, 3.63) is 0 Å². The molecule has 0 bridgehead atoms. The van der Waals surface area contributed by atoms with Crippen molar-refractivity contribution < 1.29 is 5.11 Å². The third-order valence-corrected chi connectivity index (χ3v) is 5.27. The van der Waals surface area contributed by atoms with Crippen molar-refractivity contribution >= 4 is 0 Å². The molecule has 2 fully saturated rings. The summed E-state index contributed by atoms with van der Waals surface area (Å²) >= 11 is 0. The van der Waals surface area contributed by atoms with Crippen LogP contribution in [0.15, 0.2) is 0 Å². The van der Waals surface area contributed by atoms with Crippen LogP contribution in [-0.4, -0.2) is 47.3 Å². The molecule has 0 amide bonds. The standard InChI is InChI=1S/C16H32N2O/c1-13(2)18-10-8-16(3,9-11-18)17-12-14-4-6-15(19)7-5-14/h13-15,17,19H,4-12H2,1-3H3. The predicted molar refractivity (Wildman–Crippen MR) is 80.3 cm³/mol. The molecule has 1 saturated carbocycles. The summed E-state index contributed by atoms with van der Waals surface area (Å²) in [6.45, 7) is 10.6. The normalized spacial score (nSPS) is 32.7.